The summed E-state index contributed by atoms with van der Waals surface area (Å²) in [6.45, 7) is 1.89. The molecule has 2 aromatic carbocycles. The molecule has 0 aliphatic heterocycles. The van der Waals surface area contributed by atoms with Gasteiger partial charge in [-0.15, -0.1) is 21.5 Å². The fraction of sp³-hybridized carbons (Fsp3) is 0.150. The molecule has 0 saturated heterocycles. The number of nitrogens with zero attached hydrogens (tertiary/aromatic N) is 3. The number of nitrogens with one attached hydrogen (secondary N) is 2. The van der Waals surface area contributed by atoms with Crippen LogP contribution in [0.3, 0.4) is 0 Å². The lowest BCUT2D eigenvalue weighted by Gasteiger charge is -2.17. The van der Waals surface area contributed by atoms with Crippen molar-refractivity contribution in [1.82, 2.24) is 15.2 Å². The molecular formula is C20H18N5O3S3-. The zero-order valence-corrected chi connectivity index (χ0v) is 18.8. The molecule has 8 nitrogen and oxygen atoms in total. The lowest BCUT2D eigenvalue weighted by atomic mass is 10.0. The van der Waals surface area contributed by atoms with Crippen LogP contribution in [0.1, 0.15) is 22.3 Å². The smallest absolute Gasteiger partial charge is 0.206 e. The van der Waals surface area contributed by atoms with E-state index in [9.17, 15) is 13.0 Å². The van der Waals surface area contributed by atoms with Crippen LogP contribution in [-0.2, 0) is 16.7 Å². The van der Waals surface area contributed by atoms with E-state index in [2.05, 4.69) is 15.5 Å². The van der Waals surface area contributed by atoms with Crippen molar-refractivity contribution in [2.45, 2.75) is 19.4 Å². The largest absolute Gasteiger partial charge is 0.731 e. The Morgan fingerprint density at radius 3 is 2.45 bits per heavy atom. The molecule has 11 heteroatoms. The Morgan fingerprint density at radius 2 is 1.81 bits per heavy atom. The summed E-state index contributed by atoms with van der Waals surface area (Å²) in [4.78, 5) is 4.83. The van der Waals surface area contributed by atoms with E-state index >= 15 is 0 Å². The average Bonchev–Trinajstić information content (AvgIpc) is 3.38. The number of hydrogen-bond donors (Lipinski definition) is 2. The van der Waals surface area contributed by atoms with Gasteiger partial charge in [0.05, 0.1) is 11.7 Å². The summed E-state index contributed by atoms with van der Waals surface area (Å²) in [5, 5.41) is 16.1. The van der Waals surface area contributed by atoms with Crippen molar-refractivity contribution in [2.75, 3.05) is 10.0 Å². The maximum absolute atomic E-state index is 10.9. The minimum Gasteiger partial charge on any atom is -0.731 e. The monoisotopic (exact) mass is 472 g/mol. The first-order chi connectivity index (χ1) is 14.9. The molecule has 0 spiro atoms. The van der Waals surface area contributed by atoms with Gasteiger partial charge in [-0.25, -0.2) is 13.4 Å². The van der Waals surface area contributed by atoms with Crippen LogP contribution in [0.2, 0.25) is 0 Å². The summed E-state index contributed by atoms with van der Waals surface area (Å²) in [5.74, 6) is 0. The van der Waals surface area contributed by atoms with Gasteiger partial charge in [0.2, 0.25) is 5.13 Å². The minimum atomic E-state index is -4.55. The number of aryl methyl sites for hydroxylation is 1. The van der Waals surface area contributed by atoms with Crippen LogP contribution in [0.25, 0.3) is 10.6 Å². The highest BCUT2D eigenvalue weighted by molar-refractivity contribution is 7.87. The molecule has 2 heterocycles. The average molecular weight is 473 g/mol. The van der Waals surface area contributed by atoms with Crippen molar-refractivity contribution >= 4 is 43.8 Å². The van der Waals surface area contributed by atoms with Crippen LogP contribution in [0.4, 0.5) is 10.8 Å². The van der Waals surface area contributed by atoms with Crippen LogP contribution < -0.4 is 10.0 Å². The summed E-state index contributed by atoms with van der Waals surface area (Å²) in [7, 11) is -4.55. The first kappa shape index (κ1) is 21.4. The Hall–Kier alpha value is -2.86. The Kier molecular flexibility index (Phi) is 6.28. The fourth-order valence-electron chi connectivity index (χ4n) is 2.98. The van der Waals surface area contributed by atoms with Crippen LogP contribution in [0.15, 0.2) is 60.0 Å². The van der Waals surface area contributed by atoms with Crippen molar-refractivity contribution in [1.29, 1.82) is 0 Å². The first-order valence-electron chi connectivity index (χ1n) is 9.26. The van der Waals surface area contributed by atoms with Crippen molar-refractivity contribution in [3.8, 4) is 10.6 Å². The summed E-state index contributed by atoms with van der Waals surface area (Å²) < 4.78 is 34.6. The minimum absolute atomic E-state index is 0.164. The first-order valence-corrected chi connectivity index (χ1v) is 12.4. The highest BCUT2D eigenvalue weighted by atomic mass is 32.2. The van der Waals surface area contributed by atoms with Gasteiger partial charge in [-0.05, 0) is 31.0 Å². The molecule has 0 radical (unpaired) electrons. The molecule has 0 unspecified atom stereocenters. The number of rotatable bonds is 8. The van der Waals surface area contributed by atoms with Gasteiger partial charge in [0.25, 0.3) is 0 Å². The molecule has 0 saturated carbocycles. The number of benzene rings is 2. The highest BCUT2D eigenvalue weighted by Crippen LogP contribution is 2.30. The van der Waals surface area contributed by atoms with Crippen molar-refractivity contribution in [3.63, 3.8) is 0 Å². The van der Waals surface area contributed by atoms with Gasteiger partial charge < -0.3 is 9.87 Å². The lowest BCUT2D eigenvalue weighted by Crippen LogP contribution is -2.14. The number of hydrogen-bond acceptors (Lipinski definition) is 9. The zero-order valence-electron chi connectivity index (χ0n) is 16.3. The fourth-order valence-corrected chi connectivity index (χ4v) is 4.93. The number of aromatic nitrogens is 3. The molecule has 0 fully saturated rings. The van der Waals surface area contributed by atoms with Gasteiger partial charge in [-0.2, -0.15) is 0 Å². The molecule has 160 valence electrons. The highest BCUT2D eigenvalue weighted by Gasteiger charge is 2.18. The second-order valence-corrected chi connectivity index (χ2v) is 9.88. The van der Waals surface area contributed by atoms with Crippen LogP contribution >= 0.6 is 22.7 Å². The van der Waals surface area contributed by atoms with E-state index in [0.29, 0.717) is 11.6 Å². The van der Waals surface area contributed by atoms with Gasteiger partial charge in [0.1, 0.15) is 10.0 Å². The Balaban J connectivity index is 1.58. The number of thiazole rings is 1. The zero-order chi connectivity index (χ0) is 21.8. The second-order valence-electron chi connectivity index (χ2n) is 6.72. The molecule has 4 aromatic rings. The maximum Gasteiger partial charge on any atom is 0.206 e. The van der Waals surface area contributed by atoms with Crippen LogP contribution in [0.5, 0.6) is 0 Å². The molecule has 0 amide bonds. The molecular weight excluding hydrogens is 454 g/mol. The van der Waals surface area contributed by atoms with E-state index in [0.717, 1.165) is 26.8 Å². The molecule has 0 bridgehead atoms. The van der Waals surface area contributed by atoms with E-state index in [-0.39, 0.29) is 11.7 Å². The standard InChI is InChI=1S/C20H19N5O3S3/c1-13-23-24-20(30-13)22-17(11-14-7-9-16(10-8-14)25-31(26,27)28)18-12-29-19(21-18)15-5-3-2-4-6-15/h2-10,12,17,25H,11H2,1H3,(H,22,24)(H,26,27,28)/p-1/t17-/m0/s1. The molecule has 0 aliphatic carbocycles. The van der Waals surface area contributed by atoms with E-state index in [4.69, 9.17) is 4.98 Å². The second kappa shape index (κ2) is 9.10. The van der Waals surface area contributed by atoms with Gasteiger partial charge in [0, 0.05) is 16.6 Å². The summed E-state index contributed by atoms with van der Waals surface area (Å²) >= 11 is 3.04. The van der Waals surface area contributed by atoms with Gasteiger partial charge in [-0.3, -0.25) is 4.72 Å². The maximum atomic E-state index is 10.9. The Labute approximate surface area is 187 Å². The summed E-state index contributed by atoms with van der Waals surface area (Å²) in [5.41, 5.74) is 3.10. The number of anilines is 2. The Morgan fingerprint density at radius 1 is 1.06 bits per heavy atom. The normalized spacial score (nSPS) is 12.5. The SMILES string of the molecule is Cc1nnc(N[C@@H](Cc2ccc(NS(=O)(=O)[O-])cc2)c2csc(-c3ccccc3)n2)s1. The third kappa shape index (κ3) is 5.85. The molecule has 0 aliphatic rings. The summed E-state index contributed by atoms with van der Waals surface area (Å²) in [6, 6.07) is 16.5. The van der Waals surface area contributed by atoms with Gasteiger partial charge >= 0.3 is 0 Å². The third-order valence-electron chi connectivity index (χ3n) is 4.36. The topological polar surface area (TPSA) is 120 Å². The molecule has 1 atom stereocenters. The van der Waals surface area contributed by atoms with E-state index < -0.39 is 10.3 Å². The van der Waals surface area contributed by atoms with Crippen molar-refractivity contribution < 1.29 is 13.0 Å². The van der Waals surface area contributed by atoms with E-state index in [1.54, 1.807) is 35.6 Å². The molecule has 31 heavy (non-hydrogen) atoms. The molecule has 4 rings (SSSR count). The van der Waals surface area contributed by atoms with Crippen molar-refractivity contribution in [2.24, 2.45) is 0 Å². The van der Waals surface area contributed by atoms with Crippen molar-refractivity contribution in [3.05, 3.63) is 76.2 Å². The van der Waals surface area contributed by atoms with E-state index in [1.807, 2.05) is 47.4 Å². The summed E-state index contributed by atoms with van der Waals surface area (Å²) in [6.07, 6.45) is 0.584. The van der Waals surface area contributed by atoms with Crippen LogP contribution in [0, 0.1) is 6.92 Å². The van der Waals surface area contributed by atoms with Gasteiger partial charge in [0.15, 0.2) is 10.3 Å². The predicted octanol–water partition coefficient (Wildman–Crippen LogP) is 4.24. The van der Waals surface area contributed by atoms with E-state index in [1.165, 1.54) is 11.3 Å². The quantitative estimate of drug-likeness (QED) is 0.368. The predicted molar refractivity (Wildman–Crippen MR) is 122 cm³/mol. The molecule has 2 aromatic heterocycles. The van der Waals surface area contributed by atoms with Crippen LogP contribution in [-0.4, -0.2) is 28.2 Å². The molecule has 2 N–H and O–H groups in total. The Bertz CT molecular complexity index is 1250. The third-order valence-corrected chi connectivity index (χ3v) is 6.53. The lowest BCUT2D eigenvalue weighted by molar-refractivity contribution is 0.469. The van der Waals surface area contributed by atoms with Gasteiger partial charge in [-0.1, -0.05) is 53.8 Å².